The van der Waals surface area contributed by atoms with E-state index in [0.717, 1.165) is 12.8 Å². The van der Waals surface area contributed by atoms with Crippen LogP contribution in [0.15, 0.2) is 18.6 Å². The zero-order chi connectivity index (χ0) is 12.4. The van der Waals surface area contributed by atoms with Crippen molar-refractivity contribution in [3.63, 3.8) is 0 Å². The third-order valence-electron chi connectivity index (χ3n) is 3.49. The van der Waals surface area contributed by atoms with Crippen molar-refractivity contribution in [2.24, 2.45) is 0 Å². The number of carbonyl (C=O) groups excluding carboxylic acids is 1. The summed E-state index contributed by atoms with van der Waals surface area (Å²) in [6, 6.07) is 0.313. The summed E-state index contributed by atoms with van der Waals surface area (Å²) >= 11 is 0. The van der Waals surface area contributed by atoms with Gasteiger partial charge in [0.1, 0.15) is 0 Å². The van der Waals surface area contributed by atoms with Gasteiger partial charge in [-0.15, -0.1) is 0 Å². The maximum Gasteiger partial charge on any atom is 0.255 e. The van der Waals surface area contributed by atoms with Crippen molar-refractivity contribution in [2.75, 3.05) is 0 Å². The van der Waals surface area contributed by atoms with Crippen LogP contribution in [0, 0.1) is 0 Å². The predicted molar refractivity (Wildman–Crippen MR) is 67.3 cm³/mol. The second kappa shape index (κ2) is 4.76. The molecule has 1 amide bonds. The van der Waals surface area contributed by atoms with Crippen LogP contribution in [0.5, 0.6) is 0 Å². The molecule has 0 saturated heterocycles. The van der Waals surface area contributed by atoms with Crippen molar-refractivity contribution in [2.45, 2.75) is 38.1 Å². The topological polar surface area (TPSA) is 70.7 Å². The van der Waals surface area contributed by atoms with Crippen LogP contribution in [0.3, 0.4) is 0 Å². The molecule has 0 radical (unpaired) electrons. The Bertz CT molecular complexity index is 516. The van der Waals surface area contributed by atoms with Gasteiger partial charge in [0.2, 0.25) is 0 Å². The number of nitrogens with zero attached hydrogens (tertiary/aromatic N) is 2. The number of aromatic nitrogens is 3. The van der Waals surface area contributed by atoms with Gasteiger partial charge in [0.05, 0.1) is 11.3 Å². The van der Waals surface area contributed by atoms with Gasteiger partial charge in [-0.1, -0.05) is 19.3 Å². The third-order valence-corrected chi connectivity index (χ3v) is 3.49. The fourth-order valence-corrected chi connectivity index (χ4v) is 2.53. The van der Waals surface area contributed by atoms with Gasteiger partial charge in [-0.3, -0.25) is 4.79 Å². The number of fused-ring (bicyclic) bond motifs is 1. The van der Waals surface area contributed by atoms with Gasteiger partial charge >= 0.3 is 0 Å². The lowest BCUT2D eigenvalue weighted by atomic mass is 9.95. The van der Waals surface area contributed by atoms with Crippen molar-refractivity contribution in [1.82, 2.24) is 20.3 Å². The third kappa shape index (κ3) is 2.08. The zero-order valence-corrected chi connectivity index (χ0v) is 10.1. The predicted octanol–water partition coefficient (Wildman–Crippen LogP) is 1.97. The number of aromatic amines is 1. The minimum Gasteiger partial charge on any atom is -0.356 e. The average molecular weight is 244 g/mol. The van der Waals surface area contributed by atoms with Gasteiger partial charge in [-0.2, -0.15) is 0 Å². The second-order valence-corrected chi connectivity index (χ2v) is 4.77. The second-order valence-electron chi connectivity index (χ2n) is 4.77. The van der Waals surface area contributed by atoms with E-state index < -0.39 is 0 Å². The Balaban J connectivity index is 1.76. The molecule has 94 valence electrons. The molecular weight excluding hydrogens is 228 g/mol. The van der Waals surface area contributed by atoms with E-state index in [-0.39, 0.29) is 5.91 Å². The Labute approximate surface area is 105 Å². The highest BCUT2D eigenvalue weighted by Crippen LogP contribution is 2.21. The molecule has 3 aliphatic rings. The monoisotopic (exact) mass is 244 g/mol. The molecule has 5 nitrogen and oxygen atoms in total. The lowest BCUT2D eigenvalue weighted by Gasteiger charge is -2.22. The minimum atomic E-state index is -0.0475. The fraction of sp³-hybridized carbons (Fsp3) is 0.462. The number of carbonyl (C=O) groups is 1. The molecule has 3 rings (SSSR count). The normalized spacial score (nSPS) is 16.9. The zero-order valence-electron chi connectivity index (χ0n) is 10.1. The SMILES string of the molecule is O=C(NC1CCCCC1)c1cnc2ncc[nH]c1-2. The van der Waals surface area contributed by atoms with E-state index in [0.29, 0.717) is 23.1 Å². The van der Waals surface area contributed by atoms with Crippen LogP contribution in [-0.4, -0.2) is 26.9 Å². The molecule has 1 aliphatic carbocycles. The van der Waals surface area contributed by atoms with Gasteiger partial charge in [0.25, 0.3) is 5.91 Å². The Hall–Kier alpha value is -1.91. The summed E-state index contributed by atoms with van der Waals surface area (Å²) in [6.45, 7) is 0. The molecule has 2 heterocycles. The molecule has 0 atom stereocenters. The number of hydrogen-bond donors (Lipinski definition) is 2. The molecule has 1 fully saturated rings. The first-order chi connectivity index (χ1) is 8.84. The quantitative estimate of drug-likeness (QED) is 0.848. The summed E-state index contributed by atoms with van der Waals surface area (Å²) in [5.41, 5.74) is 1.30. The number of hydrogen-bond acceptors (Lipinski definition) is 3. The van der Waals surface area contributed by atoms with Crippen LogP contribution in [0.2, 0.25) is 0 Å². The van der Waals surface area contributed by atoms with Crippen LogP contribution < -0.4 is 5.32 Å². The van der Waals surface area contributed by atoms with E-state index >= 15 is 0 Å². The molecule has 0 aromatic rings. The number of nitrogens with one attached hydrogen (secondary N) is 2. The maximum atomic E-state index is 12.2. The first-order valence-corrected chi connectivity index (χ1v) is 6.43. The van der Waals surface area contributed by atoms with Gasteiger partial charge < -0.3 is 10.3 Å². The summed E-state index contributed by atoms with van der Waals surface area (Å²) in [6.07, 6.45) is 10.8. The van der Waals surface area contributed by atoms with Crippen LogP contribution in [0.25, 0.3) is 11.5 Å². The summed E-state index contributed by atoms with van der Waals surface area (Å²) in [4.78, 5) is 23.5. The molecule has 5 heteroatoms. The van der Waals surface area contributed by atoms with Gasteiger partial charge in [-0.05, 0) is 12.8 Å². The van der Waals surface area contributed by atoms with E-state index in [1.165, 1.54) is 19.3 Å². The van der Waals surface area contributed by atoms with E-state index in [9.17, 15) is 4.79 Å². The lowest BCUT2D eigenvalue weighted by molar-refractivity contribution is 0.0928. The first kappa shape index (κ1) is 11.2. The fourth-order valence-electron chi connectivity index (χ4n) is 2.53. The molecule has 0 aromatic carbocycles. The summed E-state index contributed by atoms with van der Waals surface area (Å²) < 4.78 is 0. The Kier molecular flexibility index (Phi) is 2.96. The van der Waals surface area contributed by atoms with Gasteiger partial charge in [0.15, 0.2) is 5.82 Å². The number of amides is 1. The maximum absolute atomic E-state index is 12.2. The highest BCUT2D eigenvalue weighted by atomic mass is 16.1. The van der Waals surface area contributed by atoms with E-state index in [1.807, 2.05) is 0 Å². The number of rotatable bonds is 2. The van der Waals surface area contributed by atoms with Gasteiger partial charge in [-0.25, -0.2) is 9.97 Å². The van der Waals surface area contributed by atoms with E-state index in [1.54, 1.807) is 18.6 Å². The molecule has 0 aromatic heterocycles. The van der Waals surface area contributed by atoms with E-state index in [2.05, 4.69) is 20.3 Å². The van der Waals surface area contributed by atoms with Crippen LogP contribution in [0.4, 0.5) is 0 Å². The van der Waals surface area contributed by atoms with Crippen molar-refractivity contribution < 1.29 is 4.79 Å². The smallest absolute Gasteiger partial charge is 0.255 e. The molecule has 0 spiro atoms. The average Bonchev–Trinajstić information content (AvgIpc) is 2.84. The Morgan fingerprint density at radius 1 is 1.28 bits per heavy atom. The van der Waals surface area contributed by atoms with Crippen molar-refractivity contribution >= 4 is 5.91 Å². The molecule has 0 bridgehead atoms. The summed E-state index contributed by atoms with van der Waals surface area (Å²) in [5.74, 6) is 0.542. The highest BCUT2D eigenvalue weighted by Gasteiger charge is 2.22. The Morgan fingerprint density at radius 2 is 2.11 bits per heavy atom. The molecule has 0 unspecified atom stereocenters. The molecule has 1 saturated carbocycles. The Morgan fingerprint density at radius 3 is 2.94 bits per heavy atom. The molecule has 2 aliphatic heterocycles. The summed E-state index contributed by atoms with van der Waals surface area (Å²) in [5, 5.41) is 3.09. The molecule has 2 N–H and O–H groups in total. The summed E-state index contributed by atoms with van der Waals surface area (Å²) in [7, 11) is 0. The minimum absolute atomic E-state index is 0.0475. The van der Waals surface area contributed by atoms with Crippen LogP contribution >= 0.6 is 0 Å². The first-order valence-electron chi connectivity index (χ1n) is 6.43. The lowest BCUT2D eigenvalue weighted by Crippen LogP contribution is -2.36. The molecule has 18 heavy (non-hydrogen) atoms. The highest BCUT2D eigenvalue weighted by molar-refractivity contribution is 5.99. The number of H-pyrrole nitrogens is 1. The largest absolute Gasteiger partial charge is 0.356 e. The van der Waals surface area contributed by atoms with Crippen molar-refractivity contribution in [1.29, 1.82) is 0 Å². The standard InChI is InChI=1S/C13H16N4O/c18-13(17-9-4-2-1-3-5-9)10-8-16-12-11(10)14-6-7-15-12/h6-9,14H,1-5H2,(H,17,18). The van der Waals surface area contributed by atoms with Crippen molar-refractivity contribution in [3.05, 3.63) is 24.2 Å². The van der Waals surface area contributed by atoms with Crippen LogP contribution in [0.1, 0.15) is 42.5 Å². The molecular formula is C13H16N4O. The van der Waals surface area contributed by atoms with E-state index in [4.69, 9.17) is 0 Å². The van der Waals surface area contributed by atoms with Gasteiger partial charge in [0, 0.05) is 24.6 Å². The van der Waals surface area contributed by atoms with Crippen molar-refractivity contribution in [3.8, 4) is 11.5 Å². The van der Waals surface area contributed by atoms with Crippen LogP contribution in [-0.2, 0) is 0 Å².